The van der Waals surface area contributed by atoms with Crippen LogP contribution >= 0.6 is 0 Å². The third kappa shape index (κ3) is 2.67. The molecule has 1 heterocycles. The summed E-state index contributed by atoms with van der Waals surface area (Å²) in [5, 5.41) is 2.78. The maximum Gasteiger partial charge on any atom is 0.224 e. The first kappa shape index (κ1) is 13.4. The number of anilines is 2. The summed E-state index contributed by atoms with van der Waals surface area (Å²) in [7, 11) is 0. The number of amides is 1. The lowest BCUT2D eigenvalue weighted by Crippen LogP contribution is -2.19. The van der Waals surface area contributed by atoms with Gasteiger partial charge in [-0.25, -0.2) is 4.39 Å². The van der Waals surface area contributed by atoms with E-state index in [1.807, 2.05) is 6.92 Å². The van der Waals surface area contributed by atoms with E-state index in [-0.39, 0.29) is 11.7 Å². The van der Waals surface area contributed by atoms with Gasteiger partial charge in [-0.2, -0.15) is 0 Å². The second-order valence-corrected chi connectivity index (χ2v) is 5.11. The van der Waals surface area contributed by atoms with E-state index in [9.17, 15) is 9.18 Å². The molecule has 108 valence electrons. The molecule has 1 aliphatic rings. The normalized spacial score (nSPS) is 13.5. The second-order valence-electron chi connectivity index (χ2n) is 5.11. The van der Waals surface area contributed by atoms with E-state index in [1.54, 1.807) is 18.2 Å². The predicted molar refractivity (Wildman–Crippen MR) is 79.0 cm³/mol. The largest absolute Gasteiger partial charge is 0.455 e. The highest BCUT2D eigenvalue weighted by atomic mass is 19.1. The van der Waals surface area contributed by atoms with Crippen LogP contribution in [0.4, 0.5) is 15.8 Å². The average Bonchev–Trinajstić information content (AvgIpc) is 2.44. The minimum Gasteiger partial charge on any atom is -0.455 e. The van der Waals surface area contributed by atoms with Gasteiger partial charge in [-0.15, -0.1) is 0 Å². The van der Waals surface area contributed by atoms with Gasteiger partial charge in [-0.05, 0) is 42.7 Å². The van der Waals surface area contributed by atoms with E-state index in [4.69, 9.17) is 10.5 Å². The minimum absolute atomic E-state index is 0.0171. The number of rotatable bonds is 2. The van der Waals surface area contributed by atoms with Gasteiger partial charge in [0.25, 0.3) is 0 Å². The first-order valence-corrected chi connectivity index (χ1v) is 6.69. The van der Waals surface area contributed by atoms with Gasteiger partial charge < -0.3 is 15.8 Å². The van der Waals surface area contributed by atoms with E-state index < -0.39 is 0 Å². The molecular formula is C16H15FN2O2. The van der Waals surface area contributed by atoms with Crippen LogP contribution in [0, 0.1) is 12.7 Å². The summed E-state index contributed by atoms with van der Waals surface area (Å²) in [6, 6.07) is 7.84. The van der Waals surface area contributed by atoms with E-state index in [0.29, 0.717) is 35.7 Å². The fourth-order valence-electron chi connectivity index (χ4n) is 2.31. The molecule has 1 amide bonds. The molecule has 4 nitrogen and oxygen atoms in total. The molecule has 0 saturated carbocycles. The number of aryl methyl sites for hydroxylation is 2. The van der Waals surface area contributed by atoms with Gasteiger partial charge in [-0.1, -0.05) is 6.07 Å². The third-order valence-corrected chi connectivity index (χ3v) is 3.50. The van der Waals surface area contributed by atoms with E-state index >= 15 is 0 Å². The number of hydrogen-bond donors (Lipinski definition) is 2. The molecule has 0 saturated heterocycles. The van der Waals surface area contributed by atoms with Crippen molar-refractivity contribution in [3.05, 3.63) is 47.3 Å². The zero-order valence-electron chi connectivity index (χ0n) is 11.6. The quantitative estimate of drug-likeness (QED) is 0.832. The molecule has 1 aliphatic heterocycles. The third-order valence-electron chi connectivity index (χ3n) is 3.50. The summed E-state index contributed by atoms with van der Waals surface area (Å²) in [6.07, 6.45) is 1.08. The van der Waals surface area contributed by atoms with Crippen LogP contribution in [-0.4, -0.2) is 5.91 Å². The lowest BCUT2D eigenvalue weighted by molar-refractivity contribution is -0.116. The van der Waals surface area contributed by atoms with Crippen molar-refractivity contribution in [1.82, 2.24) is 0 Å². The number of ether oxygens (including phenoxy) is 1. The van der Waals surface area contributed by atoms with Crippen molar-refractivity contribution in [2.45, 2.75) is 19.8 Å². The molecule has 5 heteroatoms. The topological polar surface area (TPSA) is 64.3 Å². The molecule has 0 spiro atoms. The number of nitrogens with two attached hydrogens (primary N) is 1. The van der Waals surface area contributed by atoms with E-state index in [0.717, 1.165) is 11.1 Å². The van der Waals surface area contributed by atoms with Crippen LogP contribution in [-0.2, 0) is 11.2 Å². The van der Waals surface area contributed by atoms with Crippen molar-refractivity contribution >= 4 is 17.3 Å². The fourth-order valence-corrected chi connectivity index (χ4v) is 2.31. The van der Waals surface area contributed by atoms with Crippen molar-refractivity contribution in [3.8, 4) is 11.5 Å². The highest BCUT2D eigenvalue weighted by Crippen LogP contribution is 2.36. The maximum absolute atomic E-state index is 13.3. The van der Waals surface area contributed by atoms with Gasteiger partial charge in [0.1, 0.15) is 11.6 Å². The summed E-state index contributed by atoms with van der Waals surface area (Å²) < 4.78 is 19.0. The molecule has 0 aliphatic carbocycles. The molecule has 0 radical (unpaired) electrons. The van der Waals surface area contributed by atoms with Crippen molar-refractivity contribution in [1.29, 1.82) is 0 Å². The minimum atomic E-state index is -0.362. The first-order valence-electron chi connectivity index (χ1n) is 6.69. The molecule has 3 N–H and O–H groups in total. The number of carbonyl (C=O) groups is 1. The number of nitrogen functional groups attached to an aromatic ring is 1. The number of hydrogen-bond acceptors (Lipinski definition) is 3. The SMILES string of the molecule is Cc1ccc(F)cc1Oc1cc2c(cc1N)NC(=O)CC2. The Balaban J connectivity index is 1.96. The van der Waals surface area contributed by atoms with Gasteiger partial charge in [-0.3, -0.25) is 4.79 Å². The average molecular weight is 286 g/mol. The summed E-state index contributed by atoms with van der Waals surface area (Å²) in [4.78, 5) is 11.4. The molecule has 0 unspecified atom stereocenters. The van der Waals surface area contributed by atoms with Crippen LogP contribution < -0.4 is 15.8 Å². The zero-order valence-corrected chi connectivity index (χ0v) is 11.6. The van der Waals surface area contributed by atoms with E-state index in [2.05, 4.69) is 5.32 Å². The summed E-state index contributed by atoms with van der Waals surface area (Å²) in [5.41, 5.74) is 8.86. The second kappa shape index (κ2) is 5.09. The number of carbonyl (C=O) groups excluding carboxylic acids is 1. The molecule has 3 rings (SSSR count). The van der Waals surface area contributed by atoms with Crippen LogP contribution in [0.2, 0.25) is 0 Å². The van der Waals surface area contributed by atoms with Gasteiger partial charge >= 0.3 is 0 Å². The monoisotopic (exact) mass is 286 g/mol. The Kier molecular flexibility index (Phi) is 3.25. The van der Waals surface area contributed by atoms with Crippen LogP contribution in [0.3, 0.4) is 0 Å². The fraction of sp³-hybridized carbons (Fsp3) is 0.188. The lowest BCUT2D eigenvalue weighted by Gasteiger charge is -2.19. The van der Waals surface area contributed by atoms with Gasteiger partial charge in [0, 0.05) is 18.2 Å². The molecule has 0 fully saturated rings. The molecule has 2 aromatic carbocycles. The van der Waals surface area contributed by atoms with E-state index in [1.165, 1.54) is 12.1 Å². The van der Waals surface area contributed by atoms with Crippen molar-refractivity contribution in [2.75, 3.05) is 11.1 Å². The number of benzene rings is 2. The molecular weight excluding hydrogens is 271 g/mol. The van der Waals surface area contributed by atoms with Crippen LogP contribution in [0.5, 0.6) is 11.5 Å². The lowest BCUT2D eigenvalue weighted by atomic mass is 10.0. The molecule has 0 bridgehead atoms. The van der Waals surface area contributed by atoms with Crippen molar-refractivity contribution in [3.63, 3.8) is 0 Å². The Bertz CT molecular complexity index is 728. The summed E-state index contributed by atoms with van der Waals surface area (Å²) in [5.74, 6) is 0.524. The van der Waals surface area contributed by atoms with Crippen LogP contribution in [0.15, 0.2) is 30.3 Å². The predicted octanol–water partition coefficient (Wildman–Crippen LogP) is 3.39. The Morgan fingerprint density at radius 3 is 2.81 bits per heavy atom. The Hall–Kier alpha value is -2.56. The summed E-state index contributed by atoms with van der Waals surface area (Å²) >= 11 is 0. The molecule has 0 atom stereocenters. The molecule has 0 aromatic heterocycles. The Morgan fingerprint density at radius 1 is 1.19 bits per heavy atom. The molecule has 21 heavy (non-hydrogen) atoms. The van der Waals surface area contributed by atoms with Gasteiger partial charge in [0.2, 0.25) is 5.91 Å². The van der Waals surface area contributed by atoms with Crippen LogP contribution in [0.1, 0.15) is 17.5 Å². The smallest absolute Gasteiger partial charge is 0.224 e. The summed E-state index contributed by atoms with van der Waals surface area (Å²) in [6.45, 7) is 1.84. The van der Waals surface area contributed by atoms with Crippen molar-refractivity contribution in [2.24, 2.45) is 0 Å². The van der Waals surface area contributed by atoms with Crippen LogP contribution in [0.25, 0.3) is 0 Å². The maximum atomic E-state index is 13.3. The standard InChI is InChI=1S/C16H15FN2O2/c1-9-2-4-11(17)7-14(9)21-15-6-10-3-5-16(20)19-13(10)8-12(15)18/h2,4,6-8H,3,5,18H2,1H3,(H,19,20). The number of halogens is 1. The molecule has 2 aromatic rings. The zero-order chi connectivity index (χ0) is 15.0. The highest BCUT2D eigenvalue weighted by Gasteiger charge is 2.17. The number of fused-ring (bicyclic) bond motifs is 1. The Morgan fingerprint density at radius 2 is 2.00 bits per heavy atom. The van der Waals surface area contributed by atoms with Crippen molar-refractivity contribution < 1.29 is 13.9 Å². The van der Waals surface area contributed by atoms with Gasteiger partial charge in [0.15, 0.2) is 5.75 Å². The first-order chi connectivity index (χ1) is 10.0. The van der Waals surface area contributed by atoms with Gasteiger partial charge in [0.05, 0.1) is 5.69 Å². The Labute approximate surface area is 121 Å². The highest BCUT2D eigenvalue weighted by molar-refractivity contribution is 5.94. The number of nitrogens with one attached hydrogen (secondary N) is 1.